The number of nitrogens with zero attached hydrogens (tertiary/aromatic N) is 4. The molecule has 0 atom stereocenters. The summed E-state index contributed by atoms with van der Waals surface area (Å²) in [5.41, 5.74) is 5.24. The maximum Gasteiger partial charge on any atom is 0.410 e. The summed E-state index contributed by atoms with van der Waals surface area (Å²) in [5, 5.41) is 17.4. The average molecular weight is 171 g/mol. The van der Waals surface area contributed by atoms with Gasteiger partial charge >= 0.3 is 5.82 Å². The van der Waals surface area contributed by atoms with Crippen LogP contribution in [0.1, 0.15) is 6.42 Å². The molecular weight excluding hydrogens is 162 g/mol. The lowest BCUT2D eigenvalue weighted by Gasteiger charge is -1.89. The Bertz CT molecular complexity index is 271. The smallest absolute Gasteiger partial charge is 0.358 e. The fourth-order valence-corrected chi connectivity index (χ4v) is 0.712. The minimum Gasteiger partial charge on any atom is -0.358 e. The van der Waals surface area contributed by atoms with E-state index in [-0.39, 0.29) is 5.82 Å². The molecule has 0 spiro atoms. The van der Waals surface area contributed by atoms with Crippen LogP contribution in [-0.2, 0) is 6.54 Å². The molecule has 1 heterocycles. The van der Waals surface area contributed by atoms with Gasteiger partial charge in [-0.15, -0.1) is 5.10 Å². The van der Waals surface area contributed by atoms with E-state index in [0.29, 0.717) is 19.5 Å². The third-order valence-corrected chi connectivity index (χ3v) is 1.27. The zero-order valence-corrected chi connectivity index (χ0v) is 6.38. The van der Waals surface area contributed by atoms with Crippen LogP contribution < -0.4 is 5.73 Å². The first-order valence-corrected chi connectivity index (χ1v) is 3.48. The zero-order chi connectivity index (χ0) is 8.97. The van der Waals surface area contributed by atoms with Gasteiger partial charge < -0.3 is 15.8 Å². The molecule has 0 aliphatic carbocycles. The molecule has 2 N–H and O–H groups in total. The van der Waals surface area contributed by atoms with Crippen molar-refractivity contribution in [3.8, 4) is 0 Å². The Balaban J connectivity index is 2.58. The molecule has 0 saturated heterocycles. The van der Waals surface area contributed by atoms with Gasteiger partial charge in [0, 0.05) is 0 Å². The summed E-state index contributed by atoms with van der Waals surface area (Å²) in [5.74, 6) is -0.230. The number of hydrogen-bond acceptors (Lipinski definition) is 5. The molecular formula is C5H9N5O2. The Morgan fingerprint density at radius 3 is 3.00 bits per heavy atom. The van der Waals surface area contributed by atoms with Crippen molar-refractivity contribution in [2.75, 3.05) is 6.54 Å². The molecule has 1 aromatic heterocycles. The Labute approximate surface area is 68.3 Å². The van der Waals surface area contributed by atoms with Gasteiger partial charge in [0.25, 0.3) is 0 Å². The van der Waals surface area contributed by atoms with Gasteiger partial charge in [0.1, 0.15) is 0 Å². The van der Waals surface area contributed by atoms with Crippen molar-refractivity contribution in [1.82, 2.24) is 15.0 Å². The third-order valence-electron chi connectivity index (χ3n) is 1.27. The lowest BCUT2D eigenvalue weighted by atomic mass is 10.4. The van der Waals surface area contributed by atoms with Crippen LogP contribution in [0.25, 0.3) is 0 Å². The largest absolute Gasteiger partial charge is 0.410 e. The van der Waals surface area contributed by atoms with Crippen LogP contribution in [0.3, 0.4) is 0 Å². The summed E-state index contributed by atoms with van der Waals surface area (Å²) in [6.07, 6.45) is 1.84. The van der Waals surface area contributed by atoms with E-state index < -0.39 is 4.92 Å². The van der Waals surface area contributed by atoms with E-state index in [1.165, 1.54) is 4.80 Å². The molecule has 1 rings (SSSR count). The molecule has 1 aromatic rings. The van der Waals surface area contributed by atoms with Crippen molar-refractivity contribution >= 4 is 5.82 Å². The van der Waals surface area contributed by atoms with Crippen molar-refractivity contribution in [1.29, 1.82) is 0 Å². The second-order valence-corrected chi connectivity index (χ2v) is 2.20. The molecule has 66 valence electrons. The summed E-state index contributed by atoms with van der Waals surface area (Å²) in [7, 11) is 0. The van der Waals surface area contributed by atoms with E-state index in [1.54, 1.807) is 0 Å². The Hall–Kier alpha value is -1.50. The van der Waals surface area contributed by atoms with E-state index in [0.717, 1.165) is 6.20 Å². The predicted molar refractivity (Wildman–Crippen MR) is 40.3 cm³/mol. The molecule has 0 fully saturated rings. The summed E-state index contributed by atoms with van der Waals surface area (Å²) < 4.78 is 0. The zero-order valence-electron chi connectivity index (χ0n) is 6.38. The van der Waals surface area contributed by atoms with Crippen LogP contribution in [0.5, 0.6) is 0 Å². The van der Waals surface area contributed by atoms with Crippen LogP contribution in [0, 0.1) is 10.1 Å². The van der Waals surface area contributed by atoms with Crippen molar-refractivity contribution in [2.45, 2.75) is 13.0 Å². The number of rotatable bonds is 4. The summed E-state index contributed by atoms with van der Waals surface area (Å²) in [4.78, 5) is 10.8. The van der Waals surface area contributed by atoms with Gasteiger partial charge in [0.05, 0.1) is 11.6 Å². The van der Waals surface area contributed by atoms with Gasteiger partial charge in [-0.2, -0.15) is 0 Å². The lowest BCUT2D eigenvalue weighted by Crippen LogP contribution is -2.08. The van der Waals surface area contributed by atoms with Gasteiger partial charge in [-0.1, -0.05) is 4.80 Å². The van der Waals surface area contributed by atoms with Crippen LogP contribution >= 0.6 is 0 Å². The lowest BCUT2D eigenvalue weighted by molar-refractivity contribution is -0.389. The van der Waals surface area contributed by atoms with Gasteiger partial charge in [-0.3, -0.25) is 0 Å². The molecule has 7 heteroatoms. The highest BCUT2D eigenvalue weighted by Gasteiger charge is 2.11. The number of nitro groups is 1. The van der Waals surface area contributed by atoms with Gasteiger partial charge in [-0.25, -0.2) is 0 Å². The van der Waals surface area contributed by atoms with E-state index >= 15 is 0 Å². The van der Waals surface area contributed by atoms with E-state index in [2.05, 4.69) is 10.2 Å². The van der Waals surface area contributed by atoms with Crippen LogP contribution in [0.15, 0.2) is 6.20 Å². The summed E-state index contributed by atoms with van der Waals surface area (Å²) in [6, 6.07) is 0. The van der Waals surface area contributed by atoms with Gasteiger partial charge in [0.2, 0.25) is 0 Å². The molecule has 7 nitrogen and oxygen atoms in total. The molecule has 0 saturated carbocycles. The molecule has 0 aliphatic rings. The van der Waals surface area contributed by atoms with E-state index in [1.807, 2.05) is 0 Å². The van der Waals surface area contributed by atoms with Gasteiger partial charge in [0.15, 0.2) is 6.20 Å². The first kappa shape index (κ1) is 8.60. The van der Waals surface area contributed by atoms with Crippen LogP contribution in [0.2, 0.25) is 0 Å². The molecule has 12 heavy (non-hydrogen) atoms. The second kappa shape index (κ2) is 3.77. The molecule has 0 aliphatic heterocycles. The summed E-state index contributed by atoms with van der Waals surface area (Å²) >= 11 is 0. The maximum absolute atomic E-state index is 10.2. The maximum atomic E-state index is 10.2. The quantitative estimate of drug-likeness (QED) is 0.487. The Morgan fingerprint density at radius 2 is 2.50 bits per heavy atom. The molecule has 0 aromatic carbocycles. The first-order chi connectivity index (χ1) is 5.74. The Kier molecular flexibility index (Phi) is 2.70. The number of nitrogens with two attached hydrogens (primary N) is 1. The fraction of sp³-hybridized carbons (Fsp3) is 0.600. The summed E-state index contributed by atoms with van der Waals surface area (Å²) in [6.45, 7) is 1.04. The Morgan fingerprint density at radius 1 is 1.75 bits per heavy atom. The van der Waals surface area contributed by atoms with Crippen LogP contribution in [0.4, 0.5) is 5.82 Å². The molecule has 0 bridgehead atoms. The van der Waals surface area contributed by atoms with Gasteiger partial charge in [-0.05, 0) is 17.9 Å². The molecule has 0 radical (unpaired) electrons. The number of aromatic nitrogens is 3. The van der Waals surface area contributed by atoms with Crippen molar-refractivity contribution < 1.29 is 4.92 Å². The topological polar surface area (TPSA) is 99.9 Å². The first-order valence-electron chi connectivity index (χ1n) is 3.48. The molecule has 0 amide bonds. The average Bonchev–Trinajstić information content (AvgIpc) is 2.48. The van der Waals surface area contributed by atoms with E-state index in [9.17, 15) is 10.1 Å². The van der Waals surface area contributed by atoms with Crippen molar-refractivity contribution in [2.24, 2.45) is 5.73 Å². The SMILES string of the molecule is NCCCn1ncc([N+](=O)[O-])n1. The number of hydrogen-bond donors (Lipinski definition) is 1. The second-order valence-electron chi connectivity index (χ2n) is 2.20. The number of aryl methyl sites for hydroxylation is 1. The predicted octanol–water partition coefficient (Wildman–Crippen LogP) is -0.465. The third kappa shape index (κ3) is 1.99. The van der Waals surface area contributed by atoms with E-state index in [4.69, 9.17) is 5.73 Å². The van der Waals surface area contributed by atoms with Crippen molar-refractivity contribution in [3.63, 3.8) is 0 Å². The highest BCUT2D eigenvalue weighted by Crippen LogP contribution is 2.01. The minimum absolute atomic E-state index is 0.230. The standard InChI is InChI=1S/C5H9N5O2/c6-2-1-3-9-7-4-5(8-9)10(11)12/h4H,1-3,6H2. The highest BCUT2D eigenvalue weighted by molar-refractivity contribution is 5.07. The molecule has 0 unspecified atom stereocenters. The fourth-order valence-electron chi connectivity index (χ4n) is 0.712. The van der Waals surface area contributed by atoms with Crippen molar-refractivity contribution in [3.05, 3.63) is 16.3 Å². The minimum atomic E-state index is -0.577. The monoisotopic (exact) mass is 171 g/mol. The normalized spacial score (nSPS) is 10.1. The van der Waals surface area contributed by atoms with Crippen LogP contribution in [-0.4, -0.2) is 26.5 Å². The highest BCUT2D eigenvalue weighted by atomic mass is 16.6.